The zero-order valence-electron chi connectivity index (χ0n) is 9.74. The van der Waals surface area contributed by atoms with Crippen LogP contribution in [-0.4, -0.2) is 17.0 Å². The second-order valence-corrected chi connectivity index (χ2v) is 4.43. The monoisotopic (exact) mass is 250 g/mol. The van der Waals surface area contributed by atoms with Gasteiger partial charge in [0.2, 0.25) is 5.91 Å². The molecule has 17 heavy (non-hydrogen) atoms. The summed E-state index contributed by atoms with van der Waals surface area (Å²) in [7, 11) is 0. The number of aromatic nitrogens is 1. The number of carbonyl (C=O) groups is 1. The Morgan fingerprint density at radius 1 is 1.41 bits per heavy atom. The highest BCUT2D eigenvalue weighted by atomic mass is 35.5. The number of hydrogen-bond donors (Lipinski definition) is 1. The molecule has 0 bridgehead atoms. The van der Waals surface area contributed by atoms with Crippen LogP contribution in [0.4, 0.5) is 0 Å². The van der Waals surface area contributed by atoms with E-state index in [4.69, 9.17) is 11.6 Å². The number of carbonyl (C=O) groups excluding carboxylic acids is 1. The summed E-state index contributed by atoms with van der Waals surface area (Å²) in [4.78, 5) is 11.6. The predicted octanol–water partition coefficient (Wildman–Crippen LogP) is 2.82. The summed E-state index contributed by atoms with van der Waals surface area (Å²) in [6, 6.07) is 7.67. The number of benzene rings is 1. The Balaban J connectivity index is 2.18. The molecule has 0 saturated carbocycles. The first-order chi connectivity index (χ1) is 8.20. The molecule has 90 valence electrons. The Labute approximate surface area is 105 Å². The van der Waals surface area contributed by atoms with Gasteiger partial charge in [0.15, 0.2) is 0 Å². The highest BCUT2D eigenvalue weighted by Gasteiger charge is 2.05. The molecule has 0 unspecified atom stereocenters. The van der Waals surface area contributed by atoms with Crippen molar-refractivity contribution in [2.45, 2.75) is 19.9 Å². The molecule has 3 nitrogen and oxygen atoms in total. The molecule has 4 heteroatoms. The molecule has 2 rings (SSSR count). The van der Waals surface area contributed by atoms with Gasteiger partial charge in [-0.2, -0.15) is 0 Å². The van der Waals surface area contributed by atoms with Crippen molar-refractivity contribution in [1.82, 2.24) is 9.88 Å². The lowest BCUT2D eigenvalue weighted by Gasteiger charge is -2.06. The molecule has 0 aliphatic rings. The number of amides is 1. The van der Waals surface area contributed by atoms with Crippen LogP contribution >= 0.6 is 11.6 Å². The molecule has 1 N–H and O–H groups in total. The molecule has 1 heterocycles. The number of nitrogens with one attached hydrogen (secondary N) is 1. The van der Waals surface area contributed by atoms with Crippen molar-refractivity contribution in [3.05, 3.63) is 35.5 Å². The van der Waals surface area contributed by atoms with Crippen molar-refractivity contribution in [1.29, 1.82) is 0 Å². The Morgan fingerprint density at radius 3 is 3.00 bits per heavy atom. The maximum atomic E-state index is 11.6. The van der Waals surface area contributed by atoms with E-state index >= 15 is 0 Å². The molecular formula is C13H15ClN2O. The smallest absolute Gasteiger partial charge is 0.239 e. The summed E-state index contributed by atoms with van der Waals surface area (Å²) >= 11 is 5.95. The summed E-state index contributed by atoms with van der Waals surface area (Å²) in [5, 5.41) is 4.64. The van der Waals surface area contributed by atoms with E-state index in [1.807, 2.05) is 42.0 Å². The molecule has 2 aromatic rings. The molecule has 0 aliphatic heterocycles. The first-order valence-electron chi connectivity index (χ1n) is 5.72. The quantitative estimate of drug-likeness (QED) is 0.890. The van der Waals surface area contributed by atoms with Crippen LogP contribution in [0, 0.1) is 0 Å². The van der Waals surface area contributed by atoms with Gasteiger partial charge in [0, 0.05) is 23.3 Å². The fraction of sp³-hybridized carbons (Fsp3) is 0.308. The first kappa shape index (κ1) is 12.0. The van der Waals surface area contributed by atoms with E-state index in [9.17, 15) is 4.79 Å². The molecule has 0 atom stereocenters. The topological polar surface area (TPSA) is 34.0 Å². The lowest BCUT2D eigenvalue weighted by atomic mass is 10.2. The van der Waals surface area contributed by atoms with Gasteiger partial charge in [-0.3, -0.25) is 4.79 Å². The minimum atomic E-state index is 0.0318. The van der Waals surface area contributed by atoms with Gasteiger partial charge in [0.25, 0.3) is 0 Å². The van der Waals surface area contributed by atoms with Crippen molar-refractivity contribution in [2.24, 2.45) is 0 Å². The van der Waals surface area contributed by atoms with E-state index in [0.717, 1.165) is 23.9 Å². The van der Waals surface area contributed by atoms with Gasteiger partial charge < -0.3 is 9.88 Å². The number of rotatable bonds is 4. The van der Waals surface area contributed by atoms with Crippen LogP contribution in [0.15, 0.2) is 30.5 Å². The van der Waals surface area contributed by atoms with Crippen LogP contribution in [0.3, 0.4) is 0 Å². The molecule has 0 spiro atoms. The van der Waals surface area contributed by atoms with Crippen LogP contribution in [0.2, 0.25) is 5.02 Å². The number of halogens is 1. The molecule has 1 aromatic heterocycles. The van der Waals surface area contributed by atoms with Gasteiger partial charge in [-0.25, -0.2) is 0 Å². The van der Waals surface area contributed by atoms with Gasteiger partial charge in [-0.05, 0) is 30.0 Å². The summed E-state index contributed by atoms with van der Waals surface area (Å²) in [5.41, 5.74) is 0.990. The fourth-order valence-electron chi connectivity index (χ4n) is 1.77. The minimum Gasteiger partial charge on any atom is -0.355 e. The van der Waals surface area contributed by atoms with Gasteiger partial charge in [-0.1, -0.05) is 24.6 Å². The van der Waals surface area contributed by atoms with E-state index in [-0.39, 0.29) is 5.91 Å². The molecule has 0 radical (unpaired) electrons. The van der Waals surface area contributed by atoms with E-state index < -0.39 is 0 Å². The zero-order valence-corrected chi connectivity index (χ0v) is 10.5. The number of fused-ring (bicyclic) bond motifs is 1. The lowest BCUT2D eigenvalue weighted by molar-refractivity contribution is -0.121. The van der Waals surface area contributed by atoms with Gasteiger partial charge in [0.05, 0.1) is 0 Å². The number of hydrogen-bond acceptors (Lipinski definition) is 1. The van der Waals surface area contributed by atoms with Crippen molar-refractivity contribution >= 4 is 28.4 Å². The Bertz CT molecular complexity index is 533. The Hall–Kier alpha value is -1.48. The first-order valence-corrected chi connectivity index (χ1v) is 6.09. The molecule has 0 fully saturated rings. The third kappa shape index (κ3) is 2.80. The van der Waals surface area contributed by atoms with Crippen LogP contribution in [-0.2, 0) is 11.3 Å². The van der Waals surface area contributed by atoms with E-state index in [1.54, 1.807) is 0 Å². The summed E-state index contributed by atoms with van der Waals surface area (Å²) in [5.74, 6) is 0.0318. The van der Waals surface area contributed by atoms with E-state index in [0.29, 0.717) is 11.6 Å². The third-order valence-electron chi connectivity index (χ3n) is 2.62. The second-order valence-electron chi connectivity index (χ2n) is 4.00. The molecule has 0 saturated heterocycles. The van der Waals surface area contributed by atoms with Gasteiger partial charge in [-0.15, -0.1) is 0 Å². The highest BCUT2D eigenvalue weighted by molar-refractivity contribution is 6.31. The summed E-state index contributed by atoms with van der Waals surface area (Å²) < 4.78 is 1.91. The highest BCUT2D eigenvalue weighted by Crippen LogP contribution is 2.20. The van der Waals surface area contributed by atoms with Crippen LogP contribution in [0.25, 0.3) is 10.9 Å². The molecular weight excluding hydrogens is 236 g/mol. The van der Waals surface area contributed by atoms with Crippen molar-refractivity contribution < 1.29 is 4.79 Å². The standard InChI is InChI=1S/C13H15ClN2O/c1-2-6-15-13(17)9-16-7-5-10-3-4-11(14)8-12(10)16/h3-5,7-8H,2,6,9H2,1H3,(H,15,17). The van der Waals surface area contributed by atoms with Crippen molar-refractivity contribution in [3.63, 3.8) is 0 Å². The van der Waals surface area contributed by atoms with Crippen LogP contribution in [0.5, 0.6) is 0 Å². The van der Waals surface area contributed by atoms with Crippen molar-refractivity contribution in [2.75, 3.05) is 6.54 Å². The summed E-state index contributed by atoms with van der Waals surface area (Å²) in [6.45, 7) is 3.09. The average molecular weight is 251 g/mol. The Kier molecular flexibility index (Phi) is 3.69. The van der Waals surface area contributed by atoms with Gasteiger partial charge >= 0.3 is 0 Å². The van der Waals surface area contributed by atoms with Crippen LogP contribution in [0.1, 0.15) is 13.3 Å². The summed E-state index contributed by atoms with van der Waals surface area (Å²) in [6.07, 6.45) is 2.86. The largest absolute Gasteiger partial charge is 0.355 e. The lowest BCUT2D eigenvalue weighted by Crippen LogP contribution is -2.27. The predicted molar refractivity (Wildman–Crippen MR) is 70.2 cm³/mol. The maximum absolute atomic E-state index is 11.6. The van der Waals surface area contributed by atoms with Gasteiger partial charge in [0.1, 0.15) is 6.54 Å². The van der Waals surface area contributed by atoms with E-state index in [1.165, 1.54) is 0 Å². The molecule has 1 amide bonds. The second kappa shape index (κ2) is 5.23. The SMILES string of the molecule is CCCNC(=O)Cn1ccc2ccc(Cl)cc21. The average Bonchev–Trinajstić information content (AvgIpc) is 2.69. The number of nitrogens with zero attached hydrogens (tertiary/aromatic N) is 1. The molecule has 1 aromatic carbocycles. The maximum Gasteiger partial charge on any atom is 0.239 e. The molecule has 0 aliphatic carbocycles. The Morgan fingerprint density at radius 2 is 2.24 bits per heavy atom. The minimum absolute atomic E-state index is 0.0318. The van der Waals surface area contributed by atoms with E-state index in [2.05, 4.69) is 5.32 Å². The zero-order chi connectivity index (χ0) is 12.3. The fourth-order valence-corrected chi connectivity index (χ4v) is 1.94. The third-order valence-corrected chi connectivity index (χ3v) is 2.86. The van der Waals surface area contributed by atoms with Crippen LogP contribution < -0.4 is 5.32 Å². The normalized spacial score (nSPS) is 10.7. The van der Waals surface area contributed by atoms with Crippen molar-refractivity contribution in [3.8, 4) is 0 Å².